The van der Waals surface area contributed by atoms with Crippen molar-refractivity contribution < 1.29 is 18.4 Å². The van der Waals surface area contributed by atoms with Gasteiger partial charge in [-0.05, 0) is 36.1 Å². The van der Waals surface area contributed by atoms with Gasteiger partial charge < -0.3 is 5.32 Å². The Morgan fingerprint density at radius 3 is 2.70 bits per heavy atom. The Bertz CT molecular complexity index is 1040. The molecule has 4 rings (SSSR count). The number of carbonyl (C=O) groups is 2. The number of urea groups is 1. The van der Waals surface area contributed by atoms with Gasteiger partial charge in [0.1, 0.15) is 10.5 Å². The fourth-order valence-electron chi connectivity index (χ4n) is 2.90. The number of hydrogen-bond donors (Lipinski definition) is 1. The Balaban J connectivity index is 1.59. The molecule has 138 valence electrons. The van der Waals surface area contributed by atoms with Gasteiger partial charge >= 0.3 is 6.03 Å². The molecule has 3 amide bonds. The van der Waals surface area contributed by atoms with Crippen LogP contribution in [-0.2, 0) is 16.9 Å². The van der Waals surface area contributed by atoms with E-state index in [1.165, 1.54) is 24.3 Å². The average Bonchev–Trinajstić information content (AvgIpc) is 3.35. The lowest BCUT2D eigenvalue weighted by Crippen LogP contribution is -2.41. The van der Waals surface area contributed by atoms with Crippen LogP contribution in [0.1, 0.15) is 18.2 Å². The minimum absolute atomic E-state index is 0.00453. The molecule has 5 nitrogen and oxygen atoms in total. The second-order valence-corrected chi connectivity index (χ2v) is 7.87. The van der Waals surface area contributed by atoms with Crippen LogP contribution in [0.2, 0.25) is 0 Å². The predicted octanol–water partition coefficient (Wildman–Crippen LogP) is 4.12. The van der Waals surface area contributed by atoms with Gasteiger partial charge in [0, 0.05) is 16.3 Å². The van der Waals surface area contributed by atoms with Crippen LogP contribution in [0.25, 0.3) is 10.6 Å². The Hall–Kier alpha value is -2.65. The summed E-state index contributed by atoms with van der Waals surface area (Å²) in [4.78, 5) is 30.8. The molecule has 0 bridgehead atoms. The van der Waals surface area contributed by atoms with Gasteiger partial charge in [-0.3, -0.25) is 9.69 Å². The van der Waals surface area contributed by atoms with Gasteiger partial charge in [-0.25, -0.2) is 18.6 Å². The van der Waals surface area contributed by atoms with E-state index in [0.717, 1.165) is 27.6 Å². The molecule has 3 heterocycles. The van der Waals surface area contributed by atoms with E-state index in [9.17, 15) is 18.4 Å². The lowest BCUT2D eigenvalue weighted by molar-refractivity contribution is -0.131. The minimum Gasteiger partial charge on any atom is -0.319 e. The number of halogens is 2. The minimum atomic E-state index is -1.46. The molecule has 0 radical (unpaired) electrons. The molecule has 0 spiro atoms. The van der Waals surface area contributed by atoms with Gasteiger partial charge in [-0.2, -0.15) is 11.3 Å². The highest BCUT2D eigenvalue weighted by Crippen LogP contribution is 2.32. The zero-order valence-corrected chi connectivity index (χ0v) is 15.7. The molecule has 1 aliphatic heterocycles. The number of aromatic nitrogens is 1. The summed E-state index contributed by atoms with van der Waals surface area (Å²) >= 11 is 2.99. The number of nitrogens with one attached hydrogen (secondary N) is 1. The third-order valence-electron chi connectivity index (χ3n) is 4.41. The molecule has 1 unspecified atom stereocenters. The summed E-state index contributed by atoms with van der Waals surface area (Å²) in [5.41, 5.74) is 0.288. The Morgan fingerprint density at radius 1 is 1.19 bits per heavy atom. The highest BCUT2D eigenvalue weighted by atomic mass is 32.1. The van der Waals surface area contributed by atoms with E-state index in [4.69, 9.17) is 0 Å². The van der Waals surface area contributed by atoms with E-state index < -0.39 is 29.1 Å². The van der Waals surface area contributed by atoms with E-state index >= 15 is 0 Å². The molecular weight excluding hydrogens is 392 g/mol. The molecule has 1 N–H and O–H groups in total. The van der Waals surface area contributed by atoms with E-state index in [2.05, 4.69) is 10.3 Å². The van der Waals surface area contributed by atoms with Gasteiger partial charge in [-0.1, -0.05) is 6.07 Å². The summed E-state index contributed by atoms with van der Waals surface area (Å²) in [6.45, 7) is 1.47. The van der Waals surface area contributed by atoms with Crippen molar-refractivity contribution in [3.63, 3.8) is 0 Å². The maximum atomic E-state index is 13.6. The van der Waals surface area contributed by atoms with Crippen molar-refractivity contribution in [2.24, 2.45) is 0 Å². The van der Waals surface area contributed by atoms with Gasteiger partial charge in [-0.15, -0.1) is 11.3 Å². The summed E-state index contributed by atoms with van der Waals surface area (Å²) in [6, 6.07) is 4.50. The number of rotatable bonds is 4. The molecule has 3 aromatic rings. The van der Waals surface area contributed by atoms with Gasteiger partial charge in [0.2, 0.25) is 0 Å². The van der Waals surface area contributed by atoms with Crippen molar-refractivity contribution in [3.8, 4) is 10.6 Å². The topological polar surface area (TPSA) is 62.3 Å². The number of carbonyl (C=O) groups excluding carboxylic acids is 2. The van der Waals surface area contributed by atoms with Crippen LogP contribution in [-0.4, -0.2) is 21.8 Å². The fourth-order valence-corrected chi connectivity index (χ4v) is 4.43. The van der Waals surface area contributed by atoms with E-state index in [1.54, 1.807) is 16.7 Å². The van der Waals surface area contributed by atoms with Crippen LogP contribution >= 0.6 is 22.7 Å². The third-order valence-corrected chi connectivity index (χ3v) is 6.04. The summed E-state index contributed by atoms with van der Waals surface area (Å²) < 4.78 is 26.8. The molecule has 0 aliphatic carbocycles. The molecule has 1 saturated heterocycles. The van der Waals surface area contributed by atoms with Crippen molar-refractivity contribution in [3.05, 3.63) is 63.3 Å². The first-order valence-corrected chi connectivity index (χ1v) is 9.77. The first-order chi connectivity index (χ1) is 12.9. The molecule has 9 heteroatoms. The number of amides is 3. The van der Waals surface area contributed by atoms with Crippen molar-refractivity contribution >= 4 is 34.6 Å². The zero-order chi connectivity index (χ0) is 19.2. The van der Waals surface area contributed by atoms with Crippen molar-refractivity contribution in [1.29, 1.82) is 0 Å². The molecule has 2 aromatic heterocycles. The molecule has 1 aromatic carbocycles. The first kappa shape index (κ1) is 17.7. The van der Waals surface area contributed by atoms with E-state index in [-0.39, 0.29) is 12.1 Å². The second-order valence-electron chi connectivity index (χ2n) is 6.23. The SMILES string of the molecule is CC1(c2ccc(F)c(F)c2)NC(=O)N(Cc2csc(-c3ccsc3)n2)C1=O. The maximum Gasteiger partial charge on any atom is 0.325 e. The molecular formula is C18H13F2N3O2S2. The zero-order valence-electron chi connectivity index (χ0n) is 14.0. The highest BCUT2D eigenvalue weighted by molar-refractivity contribution is 7.14. The number of nitrogens with zero attached hydrogens (tertiary/aromatic N) is 2. The summed E-state index contributed by atoms with van der Waals surface area (Å²) in [7, 11) is 0. The smallest absolute Gasteiger partial charge is 0.319 e. The van der Waals surface area contributed by atoms with Crippen LogP contribution in [0, 0.1) is 11.6 Å². The first-order valence-electron chi connectivity index (χ1n) is 7.95. The number of imide groups is 1. The second kappa shape index (κ2) is 6.50. The number of hydrogen-bond acceptors (Lipinski definition) is 5. The van der Waals surface area contributed by atoms with Crippen molar-refractivity contribution in [1.82, 2.24) is 15.2 Å². The van der Waals surface area contributed by atoms with Gasteiger partial charge in [0.05, 0.1) is 12.2 Å². The Kier molecular flexibility index (Phi) is 4.27. The Labute approximate surface area is 161 Å². The number of benzene rings is 1. The summed E-state index contributed by atoms with van der Waals surface area (Å²) in [5.74, 6) is -2.63. The lowest BCUT2D eigenvalue weighted by atomic mass is 9.92. The fraction of sp³-hybridized carbons (Fsp3) is 0.167. The molecule has 27 heavy (non-hydrogen) atoms. The van der Waals surface area contributed by atoms with Gasteiger partial charge in [0.25, 0.3) is 5.91 Å². The van der Waals surface area contributed by atoms with Crippen LogP contribution in [0.4, 0.5) is 13.6 Å². The monoisotopic (exact) mass is 405 g/mol. The maximum absolute atomic E-state index is 13.6. The van der Waals surface area contributed by atoms with Crippen LogP contribution < -0.4 is 5.32 Å². The predicted molar refractivity (Wildman–Crippen MR) is 98.2 cm³/mol. The standard InChI is InChI=1S/C18H13F2N3O2S2/c1-18(11-2-3-13(19)14(20)6-11)16(24)23(17(25)22-18)7-12-9-27-15(21-12)10-4-5-26-8-10/h2-6,8-9H,7H2,1H3,(H,22,25). The molecule has 1 aliphatic rings. The van der Waals surface area contributed by atoms with Gasteiger partial charge in [0.15, 0.2) is 11.6 Å². The number of thiophene rings is 1. The normalized spacial score (nSPS) is 19.6. The summed E-state index contributed by atoms with van der Waals surface area (Å²) in [6.07, 6.45) is 0. The highest BCUT2D eigenvalue weighted by Gasteiger charge is 2.49. The number of thiazole rings is 1. The molecule has 0 saturated carbocycles. The molecule has 1 fully saturated rings. The van der Waals surface area contributed by atoms with E-state index in [1.807, 2.05) is 16.8 Å². The van der Waals surface area contributed by atoms with Crippen molar-refractivity contribution in [2.75, 3.05) is 0 Å². The molecule has 1 atom stereocenters. The van der Waals surface area contributed by atoms with Crippen molar-refractivity contribution in [2.45, 2.75) is 19.0 Å². The quantitative estimate of drug-likeness (QED) is 0.665. The van der Waals surface area contributed by atoms with Crippen LogP contribution in [0.5, 0.6) is 0 Å². The third kappa shape index (κ3) is 3.02. The summed E-state index contributed by atoms with van der Waals surface area (Å²) in [5, 5.41) is 9.09. The Morgan fingerprint density at radius 2 is 2.00 bits per heavy atom. The van der Waals surface area contributed by atoms with Crippen LogP contribution in [0.3, 0.4) is 0 Å². The van der Waals surface area contributed by atoms with E-state index in [0.29, 0.717) is 5.69 Å². The lowest BCUT2D eigenvalue weighted by Gasteiger charge is -2.22. The largest absolute Gasteiger partial charge is 0.325 e. The van der Waals surface area contributed by atoms with Crippen LogP contribution in [0.15, 0.2) is 40.4 Å². The average molecular weight is 405 g/mol.